The highest BCUT2D eigenvalue weighted by Gasteiger charge is 2.31. The number of piperidine rings is 1. The normalized spacial score (nSPS) is 19.1. The van der Waals surface area contributed by atoms with Crippen LogP contribution in [-0.2, 0) is 11.2 Å². The fourth-order valence-corrected chi connectivity index (χ4v) is 5.65. The van der Waals surface area contributed by atoms with Gasteiger partial charge < -0.3 is 14.7 Å². The van der Waals surface area contributed by atoms with E-state index in [0.717, 1.165) is 62.6 Å². The molecular formula is C30H38FN3O3. The Bertz CT molecular complexity index is 1140. The molecule has 0 saturated carbocycles. The number of fused-ring (bicyclic) bond motifs is 1. The number of methoxy groups -OCH3 is 1. The van der Waals surface area contributed by atoms with Gasteiger partial charge in [0.05, 0.1) is 12.6 Å². The minimum absolute atomic E-state index is 0.0598. The maximum absolute atomic E-state index is 15.5. The van der Waals surface area contributed by atoms with Crippen molar-refractivity contribution in [3.63, 3.8) is 0 Å². The molecule has 0 spiro atoms. The zero-order chi connectivity index (χ0) is 26.0. The monoisotopic (exact) mass is 507 g/mol. The van der Waals surface area contributed by atoms with Crippen LogP contribution in [0.4, 0.5) is 4.39 Å². The third-order valence-electron chi connectivity index (χ3n) is 7.71. The number of ether oxygens (including phenoxy) is 1. The van der Waals surface area contributed by atoms with Crippen LogP contribution in [0.1, 0.15) is 62.2 Å². The summed E-state index contributed by atoms with van der Waals surface area (Å²) >= 11 is 0. The van der Waals surface area contributed by atoms with Gasteiger partial charge in [0.15, 0.2) is 0 Å². The number of likely N-dealkylation sites (tertiary alicyclic amines) is 1. The van der Waals surface area contributed by atoms with E-state index in [1.165, 1.54) is 5.56 Å². The van der Waals surface area contributed by atoms with Crippen LogP contribution in [0.15, 0.2) is 55.0 Å². The van der Waals surface area contributed by atoms with Gasteiger partial charge in [0.25, 0.3) is 0 Å². The van der Waals surface area contributed by atoms with Gasteiger partial charge in [-0.1, -0.05) is 6.42 Å². The van der Waals surface area contributed by atoms with E-state index in [0.29, 0.717) is 24.2 Å². The predicted molar refractivity (Wildman–Crippen MR) is 143 cm³/mol. The minimum Gasteiger partial charge on any atom is -0.497 e. The number of aromatic nitrogens is 2. The number of carbonyl (C=O) groups is 1. The van der Waals surface area contributed by atoms with Crippen LogP contribution < -0.4 is 4.74 Å². The number of rotatable bonds is 13. The molecular weight excluding hydrogens is 469 g/mol. The summed E-state index contributed by atoms with van der Waals surface area (Å²) < 4.78 is 20.8. The Morgan fingerprint density at radius 3 is 2.76 bits per heavy atom. The number of carboxylic acids is 1. The highest BCUT2D eigenvalue weighted by Crippen LogP contribution is 2.36. The number of carboxylic acid groups (broad SMARTS) is 1. The molecule has 0 radical (unpaired) electrons. The van der Waals surface area contributed by atoms with Crippen molar-refractivity contribution in [3.05, 3.63) is 66.1 Å². The Hall–Kier alpha value is -3.06. The summed E-state index contributed by atoms with van der Waals surface area (Å²) in [5, 5.41) is 10.3. The number of hydrogen-bond donors (Lipinski definition) is 1. The Labute approximate surface area is 218 Å². The summed E-state index contributed by atoms with van der Waals surface area (Å²) in [5.74, 6) is 0.197. The number of unbranched alkanes of at least 4 members (excludes halogenated alkanes) is 2. The number of aryl methyl sites for hydroxylation is 1. The molecule has 198 valence electrons. The van der Waals surface area contributed by atoms with Gasteiger partial charge in [-0.2, -0.15) is 0 Å². The second kappa shape index (κ2) is 13.5. The van der Waals surface area contributed by atoms with Crippen LogP contribution in [0, 0.1) is 11.8 Å². The van der Waals surface area contributed by atoms with Crippen molar-refractivity contribution < 1.29 is 19.0 Å². The van der Waals surface area contributed by atoms with Crippen molar-refractivity contribution in [1.29, 1.82) is 0 Å². The molecule has 6 nitrogen and oxygen atoms in total. The van der Waals surface area contributed by atoms with Gasteiger partial charge in [-0.15, -0.1) is 0 Å². The zero-order valence-corrected chi connectivity index (χ0v) is 21.7. The van der Waals surface area contributed by atoms with E-state index in [9.17, 15) is 9.90 Å². The molecule has 7 heteroatoms. The Balaban J connectivity index is 1.28. The number of hydrogen-bond acceptors (Lipinski definition) is 5. The molecule has 1 saturated heterocycles. The van der Waals surface area contributed by atoms with E-state index in [1.807, 2.05) is 30.6 Å². The fourth-order valence-electron chi connectivity index (χ4n) is 5.65. The lowest BCUT2D eigenvalue weighted by Gasteiger charge is -2.38. The summed E-state index contributed by atoms with van der Waals surface area (Å²) in [5.41, 5.74) is 2.70. The first-order valence-corrected chi connectivity index (χ1v) is 13.4. The van der Waals surface area contributed by atoms with Crippen molar-refractivity contribution in [2.24, 2.45) is 11.8 Å². The lowest BCUT2D eigenvalue weighted by atomic mass is 9.79. The quantitative estimate of drug-likeness (QED) is 0.276. The van der Waals surface area contributed by atoms with Crippen LogP contribution in [0.5, 0.6) is 5.75 Å². The molecule has 0 amide bonds. The molecule has 1 aliphatic heterocycles. The molecule has 0 unspecified atom stereocenters. The first-order valence-electron chi connectivity index (χ1n) is 13.4. The van der Waals surface area contributed by atoms with Gasteiger partial charge in [-0.25, -0.2) is 4.39 Å². The topological polar surface area (TPSA) is 75.5 Å². The molecule has 37 heavy (non-hydrogen) atoms. The van der Waals surface area contributed by atoms with Crippen LogP contribution in [-0.4, -0.2) is 52.7 Å². The van der Waals surface area contributed by atoms with Gasteiger partial charge in [0.1, 0.15) is 11.9 Å². The molecule has 3 heterocycles. The van der Waals surface area contributed by atoms with E-state index in [-0.39, 0.29) is 18.3 Å². The van der Waals surface area contributed by atoms with E-state index in [1.54, 1.807) is 19.4 Å². The highest BCUT2D eigenvalue weighted by atomic mass is 19.1. The number of alkyl halides is 1. The second-order valence-corrected chi connectivity index (χ2v) is 10.2. The summed E-state index contributed by atoms with van der Waals surface area (Å²) in [6.07, 6.45) is 10.8. The molecule has 0 aliphatic carbocycles. The fraction of sp³-hybridized carbons (Fsp3) is 0.500. The second-order valence-electron chi connectivity index (χ2n) is 10.2. The Kier molecular flexibility index (Phi) is 9.83. The van der Waals surface area contributed by atoms with Crippen molar-refractivity contribution in [2.75, 3.05) is 26.7 Å². The van der Waals surface area contributed by atoms with Gasteiger partial charge >= 0.3 is 5.97 Å². The van der Waals surface area contributed by atoms with Gasteiger partial charge in [0.2, 0.25) is 0 Å². The van der Waals surface area contributed by atoms with Crippen molar-refractivity contribution >= 4 is 16.9 Å². The minimum atomic E-state index is -1.12. The van der Waals surface area contributed by atoms with E-state index < -0.39 is 12.1 Å². The van der Waals surface area contributed by atoms with Crippen LogP contribution in [0.25, 0.3) is 10.9 Å². The number of halogens is 1. The third-order valence-corrected chi connectivity index (χ3v) is 7.71. The van der Waals surface area contributed by atoms with Crippen LogP contribution >= 0.6 is 0 Å². The van der Waals surface area contributed by atoms with Crippen molar-refractivity contribution in [2.45, 2.75) is 57.5 Å². The number of benzene rings is 1. The van der Waals surface area contributed by atoms with Crippen molar-refractivity contribution in [3.8, 4) is 5.75 Å². The SMILES string of the molecule is COc1ccc2nccc([C@H](F)CC[C@@H]3CCN(CCCCCc4ccncc4)C[C@@H]3CC(=O)O)c2c1. The zero-order valence-electron chi connectivity index (χ0n) is 21.7. The van der Waals surface area contributed by atoms with Gasteiger partial charge in [-0.05, 0) is 111 Å². The average Bonchev–Trinajstić information content (AvgIpc) is 2.91. The van der Waals surface area contributed by atoms with E-state index in [4.69, 9.17) is 4.74 Å². The summed E-state index contributed by atoms with van der Waals surface area (Å²) in [6.45, 7) is 2.74. The number of nitrogens with zero attached hydrogens (tertiary/aromatic N) is 3. The lowest BCUT2D eigenvalue weighted by molar-refractivity contribution is -0.139. The molecule has 1 fully saturated rings. The first kappa shape index (κ1) is 27.0. The standard InChI is InChI=1S/C30H38FN3O3/c1-37-25-7-9-29-27(20-25)26(12-16-33-29)28(31)8-6-23-13-18-34(21-24(23)19-30(35)36)17-4-2-3-5-22-10-14-32-15-11-22/h7,9-12,14-16,20,23-24,28H,2-6,8,13,17-19,21H2,1H3,(H,35,36)/t23-,24+,28-/m1/s1. The van der Waals surface area contributed by atoms with Crippen LogP contribution in [0.2, 0.25) is 0 Å². The van der Waals surface area contributed by atoms with E-state index in [2.05, 4.69) is 27.0 Å². The molecule has 0 bridgehead atoms. The number of aliphatic carboxylic acids is 1. The summed E-state index contributed by atoms with van der Waals surface area (Å²) in [6, 6.07) is 11.4. The molecule has 1 N–H and O–H groups in total. The molecule has 3 atom stereocenters. The molecule has 1 aromatic carbocycles. The van der Waals surface area contributed by atoms with Gasteiger partial charge in [-0.3, -0.25) is 14.8 Å². The highest BCUT2D eigenvalue weighted by molar-refractivity contribution is 5.83. The predicted octanol–water partition coefficient (Wildman–Crippen LogP) is 6.26. The maximum atomic E-state index is 15.5. The molecule has 2 aromatic heterocycles. The van der Waals surface area contributed by atoms with Gasteiger partial charge in [0, 0.05) is 36.9 Å². The van der Waals surface area contributed by atoms with E-state index >= 15 is 4.39 Å². The smallest absolute Gasteiger partial charge is 0.303 e. The summed E-state index contributed by atoms with van der Waals surface area (Å²) in [7, 11) is 1.60. The summed E-state index contributed by atoms with van der Waals surface area (Å²) in [4.78, 5) is 22.4. The maximum Gasteiger partial charge on any atom is 0.303 e. The first-order chi connectivity index (χ1) is 18.0. The lowest BCUT2D eigenvalue weighted by Crippen LogP contribution is -2.41. The Morgan fingerprint density at radius 2 is 1.97 bits per heavy atom. The molecule has 4 rings (SSSR count). The Morgan fingerprint density at radius 1 is 1.14 bits per heavy atom. The van der Waals surface area contributed by atoms with Crippen molar-refractivity contribution in [1.82, 2.24) is 14.9 Å². The third kappa shape index (κ3) is 7.71. The largest absolute Gasteiger partial charge is 0.497 e. The molecule has 3 aromatic rings. The average molecular weight is 508 g/mol. The molecule has 1 aliphatic rings. The van der Waals surface area contributed by atoms with Crippen LogP contribution in [0.3, 0.4) is 0 Å². The number of pyridine rings is 2.